The third kappa shape index (κ3) is 3.62. The zero-order valence-electron chi connectivity index (χ0n) is 15.2. The van der Waals surface area contributed by atoms with Gasteiger partial charge in [0, 0.05) is 36.3 Å². The van der Waals surface area contributed by atoms with Gasteiger partial charge in [0.2, 0.25) is 0 Å². The monoisotopic (exact) mass is 340 g/mol. The predicted molar refractivity (Wildman–Crippen MR) is 96.4 cm³/mol. The molecule has 0 radical (unpaired) electrons. The number of aryl methyl sites for hydroxylation is 1. The molecule has 1 atom stereocenters. The van der Waals surface area contributed by atoms with Crippen LogP contribution in [0.15, 0.2) is 24.5 Å². The first-order valence-electron chi connectivity index (χ1n) is 8.71. The Kier molecular flexibility index (Phi) is 4.97. The summed E-state index contributed by atoms with van der Waals surface area (Å²) in [5, 5.41) is 0. The highest BCUT2D eigenvalue weighted by atomic mass is 16.5. The van der Waals surface area contributed by atoms with Gasteiger partial charge in [-0.3, -0.25) is 4.98 Å². The molecular weight excluding hydrogens is 316 g/mol. The number of fused-ring (bicyclic) bond motifs is 1. The summed E-state index contributed by atoms with van der Waals surface area (Å²) in [6, 6.07) is 3.39. The fourth-order valence-electron chi connectivity index (χ4n) is 3.01. The summed E-state index contributed by atoms with van der Waals surface area (Å²) in [6.45, 7) is 5.56. The van der Waals surface area contributed by atoms with Gasteiger partial charge >= 0.3 is 5.97 Å². The number of carbonyl (C=O) groups is 1. The molecule has 1 aliphatic carbocycles. The van der Waals surface area contributed by atoms with Gasteiger partial charge in [-0.15, -0.1) is 0 Å². The van der Waals surface area contributed by atoms with Gasteiger partial charge in [0.15, 0.2) is 5.82 Å². The molecule has 0 bridgehead atoms. The number of anilines is 1. The number of hydrogen-bond donors (Lipinski definition) is 0. The quantitative estimate of drug-likeness (QED) is 0.780. The Labute approximate surface area is 148 Å². The van der Waals surface area contributed by atoms with E-state index in [1.165, 1.54) is 0 Å². The summed E-state index contributed by atoms with van der Waals surface area (Å²) in [4.78, 5) is 27.8. The Morgan fingerprint density at radius 3 is 2.56 bits per heavy atom. The minimum atomic E-state index is -0.410. The summed E-state index contributed by atoms with van der Waals surface area (Å²) in [5.41, 5.74) is 3.15. The van der Waals surface area contributed by atoms with Gasteiger partial charge in [-0.1, -0.05) is 0 Å². The molecule has 0 spiro atoms. The standard InChI is InChI=1S/C19H24N4O2/c1-12(2)25-19(24)13(3)23(4)18-15-6-5-7-16(15)21-17(22-18)14-8-10-20-11-9-14/h8-13H,5-7H2,1-4H3. The van der Waals surface area contributed by atoms with E-state index >= 15 is 0 Å². The number of nitrogens with zero attached hydrogens (tertiary/aromatic N) is 4. The number of aromatic nitrogens is 3. The Balaban J connectivity index is 1.97. The van der Waals surface area contributed by atoms with Crippen LogP contribution in [0.1, 0.15) is 38.4 Å². The lowest BCUT2D eigenvalue weighted by atomic mass is 10.1. The van der Waals surface area contributed by atoms with Crippen molar-refractivity contribution in [2.45, 2.75) is 52.2 Å². The van der Waals surface area contributed by atoms with E-state index in [9.17, 15) is 4.79 Å². The molecule has 2 aromatic rings. The number of ether oxygens (including phenoxy) is 1. The second-order valence-electron chi connectivity index (χ2n) is 6.66. The van der Waals surface area contributed by atoms with Gasteiger partial charge < -0.3 is 9.64 Å². The maximum Gasteiger partial charge on any atom is 0.328 e. The number of likely N-dealkylation sites (N-methyl/N-ethyl adjacent to an activating group) is 1. The molecule has 0 saturated heterocycles. The lowest BCUT2D eigenvalue weighted by Gasteiger charge is -2.27. The second kappa shape index (κ2) is 7.17. The highest BCUT2D eigenvalue weighted by Gasteiger charge is 2.27. The van der Waals surface area contributed by atoms with Gasteiger partial charge in [0.05, 0.1) is 6.10 Å². The second-order valence-corrected chi connectivity index (χ2v) is 6.66. The van der Waals surface area contributed by atoms with E-state index in [1.54, 1.807) is 12.4 Å². The molecule has 1 unspecified atom stereocenters. The average molecular weight is 340 g/mol. The van der Waals surface area contributed by atoms with Gasteiger partial charge in [-0.25, -0.2) is 14.8 Å². The molecule has 0 saturated carbocycles. The molecule has 6 nitrogen and oxygen atoms in total. The summed E-state index contributed by atoms with van der Waals surface area (Å²) in [5.74, 6) is 1.25. The summed E-state index contributed by atoms with van der Waals surface area (Å²) in [6.07, 6.45) is 6.29. The molecule has 0 N–H and O–H groups in total. The van der Waals surface area contributed by atoms with Crippen molar-refractivity contribution in [2.75, 3.05) is 11.9 Å². The summed E-state index contributed by atoms with van der Waals surface area (Å²) >= 11 is 0. The number of rotatable bonds is 5. The van der Waals surface area contributed by atoms with Crippen molar-refractivity contribution in [1.29, 1.82) is 0 Å². The summed E-state index contributed by atoms with van der Waals surface area (Å²) in [7, 11) is 1.89. The maximum atomic E-state index is 12.3. The van der Waals surface area contributed by atoms with Gasteiger partial charge in [-0.2, -0.15) is 0 Å². The van der Waals surface area contributed by atoms with Crippen molar-refractivity contribution in [1.82, 2.24) is 15.0 Å². The highest BCUT2D eigenvalue weighted by Crippen LogP contribution is 2.31. The van der Waals surface area contributed by atoms with Gasteiger partial charge in [0.1, 0.15) is 11.9 Å². The number of hydrogen-bond acceptors (Lipinski definition) is 6. The van der Waals surface area contributed by atoms with Crippen molar-refractivity contribution >= 4 is 11.8 Å². The van der Waals surface area contributed by atoms with Crippen molar-refractivity contribution in [3.8, 4) is 11.4 Å². The minimum Gasteiger partial charge on any atom is -0.461 e. The average Bonchev–Trinajstić information content (AvgIpc) is 3.08. The van der Waals surface area contributed by atoms with Crippen molar-refractivity contribution in [3.05, 3.63) is 35.8 Å². The zero-order chi connectivity index (χ0) is 18.0. The van der Waals surface area contributed by atoms with E-state index in [0.717, 1.165) is 41.9 Å². The van der Waals surface area contributed by atoms with Crippen molar-refractivity contribution < 1.29 is 9.53 Å². The number of esters is 1. The van der Waals surface area contributed by atoms with Crippen molar-refractivity contribution in [3.63, 3.8) is 0 Å². The van der Waals surface area contributed by atoms with Crippen LogP contribution in [0, 0.1) is 0 Å². The maximum absolute atomic E-state index is 12.3. The van der Waals surface area contributed by atoms with Crippen LogP contribution < -0.4 is 4.90 Å². The first kappa shape index (κ1) is 17.3. The van der Waals surface area contributed by atoms with E-state index in [-0.39, 0.29) is 12.1 Å². The molecule has 1 aliphatic rings. The normalized spacial score (nSPS) is 14.3. The van der Waals surface area contributed by atoms with E-state index in [2.05, 4.69) is 4.98 Å². The fraction of sp³-hybridized carbons (Fsp3) is 0.474. The Morgan fingerprint density at radius 2 is 1.88 bits per heavy atom. The van der Waals surface area contributed by atoms with Gasteiger partial charge in [-0.05, 0) is 52.2 Å². The molecule has 132 valence electrons. The molecule has 0 aromatic carbocycles. The fourth-order valence-corrected chi connectivity index (χ4v) is 3.01. The Hall–Kier alpha value is -2.50. The van der Waals surface area contributed by atoms with Crippen LogP contribution in [-0.4, -0.2) is 40.1 Å². The van der Waals surface area contributed by atoms with Crippen LogP contribution in [0.2, 0.25) is 0 Å². The molecule has 0 amide bonds. The number of pyridine rings is 1. The lowest BCUT2D eigenvalue weighted by molar-refractivity contribution is -0.148. The lowest BCUT2D eigenvalue weighted by Crippen LogP contribution is -2.39. The van der Waals surface area contributed by atoms with Crippen LogP contribution in [0.4, 0.5) is 5.82 Å². The third-order valence-electron chi connectivity index (χ3n) is 4.46. The van der Waals surface area contributed by atoms with E-state index in [0.29, 0.717) is 5.82 Å². The molecule has 0 fully saturated rings. The van der Waals surface area contributed by atoms with Crippen LogP contribution in [0.25, 0.3) is 11.4 Å². The minimum absolute atomic E-state index is 0.133. The smallest absolute Gasteiger partial charge is 0.328 e. The molecule has 3 rings (SSSR count). The third-order valence-corrected chi connectivity index (χ3v) is 4.46. The van der Waals surface area contributed by atoms with Crippen LogP contribution in [-0.2, 0) is 22.4 Å². The molecular formula is C19H24N4O2. The molecule has 2 heterocycles. The zero-order valence-corrected chi connectivity index (χ0v) is 15.2. The van der Waals surface area contributed by atoms with E-state index in [1.807, 2.05) is 44.9 Å². The first-order valence-corrected chi connectivity index (χ1v) is 8.71. The number of carbonyl (C=O) groups excluding carboxylic acids is 1. The van der Waals surface area contributed by atoms with E-state index < -0.39 is 6.04 Å². The van der Waals surface area contributed by atoms with Crippen molar-refractivity contribution in [2.24, 2.45) is 0 Å². The van der Waals surface area contributed by atoms with Crippen LogP contribution in [0.5, 0.6) is 0 Å². The first-order chi connectivity index (χ1) is 12.0. The predicted octanol–water partition coefficient (Wildman–Crippen LogP) is 2.80. The topological polar surface area (TPSA) is 68.2 Å². The van der Waals surface area contributed by atoms with Gasteiger partial charge in [0.25, 0.3) is 0 Å². The SMILES string of the molecule is CC(C)OC(=O)C(C)N(C)c1nc(-c2ccncc2)nc2c1CCC2. The molecule has 25 heavy (non-hydrogen) atoms. The Bertz CT molecular complexity index is 762. The highest BCUT2D eigenvalue weighted by molar-refractivity contribution is 5.80. The molecule has 0 aliphatic heterocycles. The molecule has 2 aromatic heterocycles. The Morgan fingerprint density at radius 1 is 1.16 bits per heavy atom. The molecule has 6 heteroatoms. The van der Waals surface area contributed by atoms with Crippen LogP contribution >= 0.6 is 0 Å². The summed E-state index contributed by atoms with van der Waals surface area (Å²) < 4.78 is 5.36. The van der Waals surface area contributed by atoms with E-state index in [4.69, 9.17) is 14.7 Å². The largest absolute Gasteiger partial charge is 0.461 e. The van der Waals surface area contributed by atoms with Crippen LogP contribution in [0.3, 0.4) is 0 Å².